The lowest BCUT2D eigenvalue weighted by atomic mass is 10.1. The van der Waals surface area contributed by atoms with Crippen molar-refractivity contribution < 1.29 is 4.48 Å². The van der Waals surface area contributed by atoms with Crippen LogP contribution in [-0.4, -0.2) is 19.9 Å². The van der Waals surface area contributed by atoms with E-state index in [1.54, 1.807) is 0 Å². The molecule has 0 saturated carbocycles. The smallest absolute Gasteiger partial charge is 0.278 e. The van der Waals surface area contributed by atoms with E-state index in [-0.39, 0.29) is 17.1 Å². The van der Waals surface area contributed by atoms with Crippen LogP contribution < -0.4 is 11.1 Å². The minimum atomic E-state index is -0.461. The second-order valence-electron chi connectivity index (χ2n) is 4.05. The van der Waals surface area contributed by atoms with Crippen molar-refractivity contribution in [1.82, 2.24) is 19.9 Å². The van der Waals surface area contributed by atoms with Crippen LogP contribution in [0.4, 0.5) is 10.4 Å². The molecule has 0 spiro atoms. The summed E-state index contributed by atoms with van der Waals surface area (Å²) in [5, 5.41) is 0. The summed E-state index contributed by atoms with van der Waals surface area (Å²) in [6, 6.07) is 9.69. The Labute approximate surface area is 106 Å². The Morgan fingerprint density at radius 2 is 1.95 bits per heavy atom. The number of nitrogens with zero attached hydrogens (tertiary/aromatic N) is 2. The third-order valence-electron chi connectivity index (χ3n) is 2.71. The van der Waals surface area contributed by atoms with Crippen molar-refractivity contribution in [2.45, 2.75) is 6.42 Å². The van der Waals surface area contributed by atoms with E-state index in [1.165, 1.54) is 5.54 Å². The fourth-order valence-electron chi connectivity index (χ4n) is 1.87. The van der Waals surface area contributed by atoms with Crippen molar-refractivity contribution >= 4 is 17.1 Å². The van der Waals surface area contributed by atoms with Crippen molar-refractivity contribution in [3.05, 3.63) is 52.1 Å². The summed E-state index contributed by atoms with van der Waals surface area (Å²) in [7, 11) is 0. The van der Waals surface area contributed by atoms with E-state index >= 15 is 0 Å². The first-order chi connectivity index (χ1) is 9.26. The van der Waals surface area contributed by atoms with E-state index in [4.69, 9.17) is 0 Å². The molecule has 6 nitrogen and oxygen atoms in total. The predicted octanol–water partition coefficient (Wildman–Crippen LogP) is 1.53. The first kappa shape index (κ1) is 11.4. The van der Waals surface area contributed by atoms with Gasteiger partial charge in [0.05, 0.1) is 0 Å². The second kappa shape index (κ2) is 4.52. The molecule has 0 unspecified atom stereocenters. The molecule has 0 atom stereocenters. The van der Waals surface area contributed by atoms with Crippen LogP contribution >= 0.6 is 0 Å². The lowest BCUT2D eigenvalue weighted by Gasteiger charge is -1.95. The fraction of sp³-hybridized carbons (Fsp3) is 0.0833. The molecule has 0 aliphatic carbocycles. The van der Waals surface area contributed by atoms with E-state index in [0.717, 1.165) is 5.56 Å². The first-order valence-electron chi connectivity index (χ1n) is 5.66. The largest absolute Gasteiger partial charge is 0.336 e. The quantitative estimate of drug-likeness (QED) is 0.622. The minimum absolute atomic E-state index is 0.190. The van der Waals surface area contributed by atoms with Gasteiger partial charge in [-0.05, 0) is 5.56 Å². The predicted molar refractivity (Wildman–Crippen MR) is 68.5 cm³/mol. The molecule has 19 heavy (non-hydrogen) atoms. The zero-order valence-electron chi connectivity index (χ0n) is 9.77. The molecule has 0 fully saturated rings. The molecule has 7 heteroatoms. The van der Waals surface area contributed by atoms with Gasteiger partial charge in [0.25, 0.3) is 5.56 Å². The van der Waals surface area contributed by atoms with Crippen molar-refractivity contribution in [3.63, 3.8) is 0 Å². The van der Waals surface area contributed by atoms with Gasteiger partial charge in [0, 0.05) is 6.42 Å². The normalized spacial score (nSPS) is 10.8. The molecule has 3 rings (SSSR count). The highest BCUT2D eigenvalue weighted by atomic mass is 19.2. The average molecular weight is 259 g/mol. The highest BCUT2D eigenvalue weighted by Gasteiger charge is 2.09. The molecule has 1 aromatic carbocycles. The third-order valence-corrected chi connectivity index (χ3v) is 2.71. The number of halogens is 1. The number of imidazole rings is 1. The van der Waals surface area contributed by atoms with E-state index in [0.29, 0.717) is 12.2 Å². The van der Waals surface area contributed by atoms with Crippen LogP contribution in [0.25, 0.3) is 11.2 Å². The highest BCUT2D eigenvalue weighted by Crippen LogP contribution is 2.10. The summed E-state index contributed by atoms with van der Waals surface area (Å²) in [6.45, 7) is 0. The lowest BCUT2D eigenvalue weighted by Crippen LogP contribution is -2.09. The van der Waals surface area contributed by atoms with Gasteiger partial charge in [-0.1, -0.05) is 30.3 Å². The molecule has 0 radical (unpaired) electrons. The summed E-state index contributed by atoms with van der Waals surface area (Å²) in [4.78, 5) is 24.8. The number of anilines is 1. The van der Waals surface area contributed by atoms with E-state index in [2.05, 4.69) is 19.9 Å². The monoisotopic (exact) mass is 259 g/mol. The van der Waals surface area contributed by atoms with Crippen LogP contribution in [0.3, 0.4) is 0 Å². The second-order valence-corrected chi connectivity index (χ2v) is 4.05. The summed E-state index contributed by atoms with van der Waals surface area (Å²) in [6.07, 6.45) is 0.551. The average Bonchev–Trinajstić information content (AvgIpc) is 2.83. The van der Waals surface area contributed by atoms with Gasteiger partial charge < -0.3 is 4.98 Å². The minimum Gasteiger partial charge on any atom is -0.336 e. The zero-order chi connectivity index (χ0) is 13.2. The first-order valence-corrected chi connectivity index (χ1v) is 5.66. The summed E-state index contributed by atoms with van der Waals surface area (Å²) in [5.74, 6) is 0.352. The van der Waals surface area contributed by atoms with Crippen molar-refractivity contribution in [1.29, 1.82) is 0 Å². The number of benzene rings is 1. The molecular formula is C12H10FN5O. The molecule has 0 amide bonds. The number of H-pyrrole nitrogens is 2. The van der Waals surface area contributed by atoms with Crippen molar-refractivity contribution in [2.24, 2.45) is 0 Å². The van der Waals surface area contributed by atoms with E-state index in [1.807, 2.05) is 30.3 Å². The number of aromatic amines is 2. The van der Waals surface area contributed by atoms with Crippen LogP contribution in [0.15, 0.2) is 35.1 Å². The van der Waals surface area contributed by atoms with Gasteiger partial charge >= 0.3 is 0 Å². The number of hydrogen-bond donors (Lipinski definition) is 3. The Kier molecular flexibility index (Phi) is 2.71. The van der Waals surface area contributed by atoms with Gasteiger partial charge in [-0.3, -0.25) is 9.78 Å². The zero-order valence-corrected chi connectivity index (χ0v) is 9.77. The molecule has 2 heterocycles. The Bertz CT molecular complexity index is 765. The highest BCUT2D eigenvalue weighted by molar-refractivity contribution is 5.70. The van der Waals surface area contributed by atoms with Gasteiger partial charge in [0.15, 0.2) is 11.2 Å². The van der Waals surface area contributed by atoms with Crippen LogP contribution in [0.1, 0.15) is 11.4 Å². The van der Waals surface area contributed by atoms with Crippen molar-refractivity contribution in [2.75, 3.05) is 5.54 Å². The summed E-state index contributed by atoms with van der Waals surface area (Å²) < 4.78 is 12.3. The SMILES string of the molecule is O=c1[nH]c(NF)nc2nc(Cc3ccccc3)[nH]c12. The van der Waals surface area contributed by atoms with Crippen molar-refractivity contribution in [3.8, 4) is 0 Å². The van der Waals surface area contributed by atoms with Gasteiger partial charge in [-0.15, -0.1) is 4.48 Å². The molecule has 3 aromatic rings. The van der Waals surface area contributed by atoms with Gasteiger partial charge in [-0.2, -0.15) is 10.5 Å². The molecule has 0 bridgehead atoms. The van der Waals surface area contributed by atoms with Crippen LogP contribution in [0, 0.1) is 0 Å². The third kappa shape index (κ3) is 2.17. The van der Waals surface area contributed by atoms with Gasteiger partial charge in [-0.25, -0.2) is 4.98 Å². The number of aromatic nitrogens is 4. The lowest BCUT2D eigenvalue weighted by molar-refractivity contribution is 0.605. The standard InChI is InChI=1S/C12H10FN5O/c13-18-12-16-10-9(11(19)17-12)14-8(15-10)6-7-4-2-1-3-5-7/h1-5H,6H2,(H3,14,15,16,17,18,19). The Morgan fingerprint density at radius 1 is 1.16 bits per heavy atom. The molecule has 2 aromatic heterocycles. The summed E-state index contributed by atoms with van der Waals surface area (Å²) >= 11 is 0. The number of nitrogens with one attached hydrogen (secondary N) is 3. The molecule has 0 aliphatic rings. The maximum Gasteiger partial charge on any atom is 0.278 e. The van der Waals surface area contributed by atoms with Crippen LogP contribution in [0.5, 0.6) is 0 Å². The Hall–Kier alpha value is -2.70. The maximum absolute atomic E-state index is 12.3. The van der Waals surface area contributed by atoms with E-state index < -0.39 is 5.56 Å². The maximum atomic E-state index is 12.3. The molecular weight excluding hydrogens is 249 g/mol. The van der Waals surface area contributed by atoms with E-state index in [9.17, 15) is 9.28 Å². The Morgan fingerprint density at radius 3 is 2.68 bits per heavy atom. The van der Waals surface area contributed by atoms with Crippen LogP contribution in [0.2, 0.25) is 0 Å². The number of rotatable bonds is 3. The number of fused-ring (bicyclic) bond motifs is 1. The fourth-order valence-corrected chi connectivity index (χ4v) is 1.87. The van der Waals surface area contributed by atoms with Crippen LogP contribution in [-0.2, 0) is 6.42 Å². The molecule has 3 N–H and O–H groups in total. The molecule has 0 saturated heterocycles. The van der Waals surface area contributed by atoms with Gasteiger partial charge in [0.2, 0.25) is 5.95 Å². The summed E-state index contributed by atoms with van der Waals surface area (Å²) in [5.41, 5.74) is 2.32. The topological polar surface area (TPSA) is 86.5 Å². The number of hydrogen-bond acceptors (Lipinski definition) is 4. The Balaban J connectivity index is 2.02. The molecule has 0 aliphatic heterocycles. The van der Waals surface area contributed by atoms with Gasteiger partial charge in [0.1, 0.15) is 5.82 Å². The molecule has 96 valence electrons.